The molecular weight excluding hydrogens is 376 g/mol. The van der Waals surface area contributed by atoms with Crippen LogP contribution in [-0.2, 0) is 9.47 Å². The lowest BCUT2D eigenvalue weighted by molar-refractivity contribution is 0.191. The maximum absolute atomic E-state index is 5.85. The third-order valence-corrected chi connectivity index (χ3v) is 5.07. The number of ether oxygens (including phenoxy) is 4. The van der Waals surface area contributed by atoms with Crippen LogP contribution in [-0.4, -0.2) is 40.6 Å². The van der Waals surface area contributed by atoms with Gasteiger partial charge in [-0.1, -0.05) is 37.1 Å². The molecule has 0 atom stereocenters. The Labute approximate surface area is 182 Å². The second-order valence-corrected chi connectivity index (χ2v) is 7.56. The number of hydrogen-bond acceptors (Lipinski definition) is 4. The van der Waals surface area contributed by atoms with Crippen molar-refractivity contribution in [1.29, 1.82) is 0 Å². The highest BCUT2D eigenvalue weighted by Gasteiger charge is 2.01. The molecule has 0 radical (unpaired) electrons. The Kier molecular flexibility index (Phi) is 12.7. The maximum atomic E-state index is 5.85. The summed E-state index contributed by atoms with van der Waals surface area (Å²) in [7, 11) is 3.51. The van der Waals surface area contributed by atoms with E-state index in [-0.39, 0.29) is 0 Å². The minimum absolute atomic E-state index is 0.769. The molecule has 0 aromatic heterocycles. The minimum Gasteiger partial charge on any atom is -0.494 e. The highest BCUT2D eigenvalue weighted by molar-refractivity contribution is 5.64. The van der Waals surface area contributed by atoms with Crippen molar-refractivity contribution in [2.24, 2.45) is 0 Å². The van der Waals surface area contributed by atoms with Crippen LogP contribution >= 0.6 is 0 Å². The zero-order valence-corrected chi connectivity index (χ0v) is 18.7. The van der Waals surface area contributed by atoms with E-state index in [0.29, 0.717) is 0 Å². The molecule has 2 aromatic rings. The minimum atomic E-state index is 0.769. The lowest BCUT2D eigenvalue weighted by atomic mass is 10.1. The monoisotopic (exact) mass is 414 g/mol. The number of unbranched alkanes of at least 4 members (excludes halogenated alkanes) is 6. The zero-order valence-electron chi connectivity index (χ0n) is 18.7. The highest BCUT2D eigenvalue weighted by Crippen LogP contribution is 2.25. The normalized spacial score (nSPS) is 10.9. The molecule has 0 aliphatic heterocycles. The molecule has 166 valence electrons. The third-order valence-electron chi connectivity index (χ3n) is 5.07. The number of benzene rings is 2. The van der Waals surface area contributed by atoms with E-state index in [1.165, 1.54) is 36.8 Å². The SMILES string of the molecule is COCCCCCCOc1ccc(-c2ccc(OCCCCCCOC)cc2)cc1. The topological polar surface area (TPSA) is 36.9 Å². The van der Waals surface area contributed by atoms with Crippen LogP contribution in [0, 0.1) is 0 Å². The molecule has 2 aromatic carbocycles. The molecule has 4 nitrogen and oxygen atoms in total. The number of hydrogen-bond donors (Lipinski definition) is 0. The Bertz CT molecular complexity index is 592. The van der Waals surface area contributed by atoms with Gasteiger partial charge in [-0.25, -0.2) is 0 Å². The maximum Gasteiger partial charge on any atom is 0.119 e. The molecule has 4 heteroatoms. The van der Waals surface area contributed by atoms with Gasteiger partial charge in [-0.05, 0) is 73.9 Å². The predicted octanol–water partition coefficient (Wildman–Crippen LogP) is 6.52. The van der Waals surface area contributed by atoms with E-state index in [1.54, 1.807) is 14.2 Å². The smallest absolute Gasteiger partial charge is 0.119 e. The fraction of sp³-hybridized carbons (Fsp3) is 0.538. The van der Waals surface area contributed by atoms with Gasteiger partial charge >= 0.3 is 0 Å². The largest absolute Gasteiger partial charge is 0.494 e. The average Bonchev–Trinajstić information content (AvgIpc) is 2.79. The zero-order chi connectivity index (χ0) is 21.3. The van der Waals surface area contributed by atoms with Crippen molar-refractivity contribution < 1.29 is 18.9 Å². The Morgan fingerprint density at radius 2 is 0.767 bits per heavy atom. The fourth-order valence-electron chi connectivity index (χ4n) is 3.27. The Morgan fingerprint density at radius 3 is 1.10 bits per heavy atom. The van der Waals surface area contributed by atoms with E-state index in [2.05, 4.69) is 24.3 Å². The van der Waals surface area contributed by atoms with Crippen LogP contribution in [0.4, 0.5) is 0 Å². The van der Waals surface area contributed by atoms with Crippen LogP contribution in [0.15, 0.2) is 48.5 Å². The first-order valence-corrected chi connectivity index (χ1v) is 11.3. The number of methoxy groups -OCH3 is 2. The molecule has 0 amide bonds. The van der Waals surface area contributed by atoms with Crippen LogP contribution in [0.1, 0.15) is 51.4 Å². The van der Waals surface area contributed by atoms with E-state index in [0.717, 1.165) is 63.6 Å². The summed E-state index contributed by atoms with van der Waals surface area (Å²) in [5.41, 5.74) is 2.37. The summed E-state index contributed by atoms with van der Waals surface area (Å²) >= 11 is 0. The molecule has 2 rings (SSSR count). The lowest BCUT2D eigenvalue weighted by Gasteiger charge is -2.09. The van der Waals surface area contributed by atoms with Crippen molar-refractivity contribution in [1.82, 2.24) is 0 Å². The van der Waals surface area contributed by atoms with Crippen LogP contribution in [0.5, 0.6) is 11.5 Å². The molecule has 0 bridgehead atoms. The van der Waals surface area contributed by atoms with Gasteiger partial charge in [0.2, 0.25) is 0 Å². The van der Waals surface area contributed by atoms with E-state index < -0.39 is 0 Å². The quantitative estimate of drug-likeness (QED) is 0.276. The summed E-state index contributed by atoms with van der Waals surface area (Å²) < 4.78 is 21.8. The molecule has 0 unspecified atom stereocenters. The fourth-order valence-corrected chi connectivity index (χ4v) is 3.27. The third kappa shape index (κ3) is 10.1. The van der Waals surface area contributed by atoms with Gasteiger partial charge in [0.1, 0.15) is 11.5 Å². The molecule has 0 heterocycles. The van der Waals surface area contributed by atoms with Crippen LogP contribution in [0.2, 0.25) is 0 Å². The standard InChI is InChI=1S/C26H38O4/c1-27-19-7-3-5-9-21-29-25-15-11-23(12-16-25)24-13-17-26(18-14-24)30-22-10-6-4-8-20-28-2/h11-18H,3-10,19-22H2,1-2H3. The molecule has 0 aliphatic carbocycles. The van der Waals surface area contributed by atoms with Crippen molar-refractivity contribution in [3.8, 4) is 22.6 Å². The van der Waals surface area contributed by atoms with E-state index in [1.807, 2.05) is 24.3 Å². The van der Waals surface area contributed by atoms with Gasteiger partial charge in [0.25, 0.3) is 0 Å². The molecule has 0 N–H and O–H groups in total. The summed E-state index contributed by atoms with van der Waals surface area (Å²) in [6.45, 7) is 3.24. The Balaban J connectivity index is 1.65. The second kappa shape index (κ2) is 15.8. The van der Waals surface area contributed by atoms with Crippen LogP contribution in [0.25, 0.3) is 11.1 Å². The highest BCUT2D eigenvalue weighted by atomic mass is 16.5. The Morgan fingerprint density at radius 1 is 0.433 bits per heavy atom. The van der Waals surface area contributed by atoms with Crippen molar-refractivity contribution in [3.05, 3.63) is 48.5 Å². The van der Waals surface area contributed by atoms with Crippen molar-refractivity contribution in [2.45, 2.75) is 51.4 Å². The van der Waals surface area contributed by atoms with E-state index >= 15 is 0 Å². The van der Waals surface area contributed by atoms with Gasteiger partial charge in [0.15, 0.2) is 0 Å². The summed E-state index contributed by atoms with van der Waals surface area (Å²) in [6.07, 6.45) is 9.19. The first kappa shape index (κ1) is 24.2. The second-order valence-electron chi connectivity index (χ2n) is 7.56. The van der Waals surface area contributed by atoms with E-state index in [9.17, 15) is 0 Å². The predicted molar refractivity (Wildman–Crippen MR) is 124 cm³/mol. The van der Waals surface area contributed by atoms with Crippen molar-refractivity contribution >= 4 is 0 Å². The van der Waals surface area contributed by atoms with Crippen molar-refractivity contribution in [2.75, 3.05) is 40.6 Å². The van der Waals surface area contributed by atoms with Crippen LogP contribution < -0.4 is 9.47 Å². The summed E-state index contributed by atoms with van der Waals surface area (Å²) in [5.74, 6) is 1.86. The first-order valence-electron chi connectivity index (χ1n) is 11.3. The summed E-state index contributed by atoms with van der Waals surface area (Å²) in [4.78, 5) is 0. The van der Waals surface area contributed by atoms with E-state index in [4.69, 9.17) is 18.9 Å². The van der Waals surface area contributed by atoms with Crippen LogP contribution in [0.3, 0.4) is 0 Å². The first-order chi connectivity index (χ1) is 14.8. The summed E-state index contributed by atoms with van der Waals surface area (Å²) in [5, 5.41) is 0. The van der Waals surface area contributed by atoms with Gasteiger partial charge in [0, 0.05) is 27.4 Å². The molecule has 30 heavy (non-hydrogen) atoms. The average molecular weight is 415 g/mol. The molecule has 0 fully saturated rings. The molecular formula is C26H38O4. The molecule has 0 spiro atoms. The Hall–Kier alpha value is -2.04. The van der Waals surface area contributed by atoms with Gasteiger partial charge < -0.3 is 18.9 Å². The summed E-state index contributed by atoms with van der Waals surface area (Å²) in [6, 6.07) is 16.7. The molecule has 0 saturated heterocycles. The lowest BCUT2D eigenvalue weighted by Crippen LogP contribution is -1.98. The van der Waals surface area contributed by atoms with Gasteiger partial charge in [-0.3, -0.25) is 0 Å². The van der Waals surface area contributed by atoms with Gasteiger partial charge in [0.05, 0.1) is 13.2 Å². The number of rotatable bonds is 17. The van der Waals surface area contributed by atoms with Gasteiger partial charge in [-0.2, -0.15) is 0 Å². The van der Waals surface area contributed by atoms with Crippen molar-refractivity contribution in [3.63, 3.8) is 0 Å². The molecule has 0 aliphatic rings. The van der Waals surface area contributed by atoms with Gasteiger partial charge in [-0.15, -0.1) is 0 Å². The molecule has 0 saturated carbocycles.